The zero-order chi connectivity index (χ0) is 14.4. The number of hydrogen-bond donors (Lipinski definition) is 3. The van der Waals surface area contributed by atoms with Crippen LogP contribution in [0.3, 0.4) is 0 Å². The van der Waals surface area contributed by atoms with Crippen LogP contribution in [0.5, 0.6) is 0 Å². The Morgan fingerprint density at radius 1 is 1.45 bits per heavy atom. The highest BCUT2D eigenvalue weighted by Crippen LogP contribution is 2.28. The Labute approximate surface area is 117 Å². The maximum atomic E-state index is 11.9. The van der Waals surface area contributed by atoms with Crippen LogP contribution in [0.25, 0.3) is 0 Å². The number of carbonyl (C=O) groups is 1. The van der Waals surface area contributed by atoms with Crippen molar-refractivity contribution in [2.24, 2.45) is 16.8 Å². The molecular weight excluding hydrogens is 258 g/mol. The molecule has 20 heavy (non-hydrogen) atoms. The Morgan fingerprint density at radius 3 is 2.90 bits per heavy atom. The number of hydrogen-bond acceptors (Lipinski definition) is 4. The van der Waals surface area contributed by atoms with Crippen molar-refractivity contribution >= 4 is 11.7 Å². The van der Waals surface area contributed by atoms with Crippen molar-refractivity contribution in [1.82, 2.24) is 5.32 Å². The summed E-state index contributed by atoms with van der Waals surface area (Å²) in [6.45, 7) is 1.77. The molecule has 1 amide bonds. The van der Waals surface area contributed by atoms with Gasteiger partial charge in [-0.1, -0.05) is 17.3 Å². The maximum Gasteiger partial charge on any atom is 0.251 e. The molecule has 0 spiro atoms. The van der Waals surface area contributed by atoms with Crippen LogP contribution in [0.1, 0.15) is 28.8 Å². The van der Waals surface area contributed by atoms with Crippen molar-refractivity contribution in [1.29, 1.82) is 0 Å². The number of nitrogens with one attached hydrogen (secondary N) is 1. The minimum absolute atomic E-state index is 0.0209. The first kappa shape index (κ1) is 14.3. The molecule has 6 heteroatoms. The van der Waals surface area contributed by atoms with Gasteiger partial charge in [-0.15, -0.1) is 0 Å². The first-order valence-corrected chi connectivity index (χ1v) is 6.64. The van der Waals surface area contributed by atoms with E-state index in [4.69, 9.17) is 15.7 Å². The van der Waals surface area contributed by atoms with Crippen LogP contribution in [-0.2, 0) is 4.74 Å². The van der Waals surface area contributed by atoms with E-state index in [9.17, 15) is 4.79 Å². The fourth-order valence-corrected chi connectivity index (χ4v) is 1.75. The lowest BCUT2D eigenvalue weighted by molar-refractivity contribution is 0.0906. The molecule has 0 heterocycles. The summed E-state index contributed by atoms with van der Waals surface area (Å²) in [4.78, 5) is 11.9. The fourth-order valence-electron chi connectivity index (χ4n) is 1.75. The van der Waals surface area contributed by atoms with Crippen molar-refractivity contribution in [3.05, 3.63) is 35.4 Å². The molecule has 1 saturated carbocycles. The molecule has 4 N–H and O–H groups in total. The van der Waals surface area contributed by atoms with Gasteiger partial charge in [0.15, 0.2) is 5.84 Å². The summed E-state index contributed by atoms with van der Waals surface area (Å²) in [5, 5.41) is 14.3. The molecule has 108 valence electrons. The lowest BCUT2D eigenvalue weighted by Gasteiger charge is -2.07. The van der Waals surface area contributed by atoms with E-state index in [1.807, 2.05) is 0 Å². The highest BCUT2D eigenvalue weighted by Gasteiger charge is 2.20. The van der Waals surface area contributed by atoms with E-state index in [1.165, 1.54) is 12.8 Å². The number of benzene rings is 1. The summed E-state index contributed by atoms with van der Waals surface area (Å²) in [7, 11) is 0. The van der Waals surface area contributed by atoms with Crippen molar-refractivity contribution in [3.8, 4) is 0 Å². The van der Waals surface area contributed by atoms with E-state index in [-0.39, 0.29) is 11.7 Å². The number of amides is 1. The topological polar surface area (TPSA) is 96.9 Å². The van der Waals surface area contributed by atoms with Crippen molar-refractivity contribution in [2.45, 2.75) is 12.8 Å². The average molecular weight is 277 g/mol. The molecule has 1 fully saturated rings. The number of nitrogens with zero attached hydrogens (tertiary/aromatic N) is 1. The van der Waals surface area contributed by atoms with Crippen LogP contribution < -0.4 is 11.1 Å². The standard InChI is InChI=1S/C14H19N3O3/c15-13(17-19)11-2-1-3-12(8-11)14(18)16-6-7-20-9-10-4-5-10/h1-3,8,10,19H,4-7,9H2,(H2,15,17)(H,16,18). The molecule has 0 bridgehead atoms. The first-order chi connectivity index (χ1) is 9.70. The van der Waals surface area contributed by atoms with Crippen LogP contribution in [0.2, 0.25) is 0 Å². The number of rotatable bonds is 7. The SMILES string of the molecule is N/C(=N/O)c1cccc(C(=O)NCCOCC2CC2)c1. The predicted octanol–water partition coefficient (Wildman–Crippen LogP) is 0.937. The monoisotopic (exact) mass is 277 g/mol. The molecule has 0 saturated heterocycles. The molecule has 1 aromatic carbocycles. The van der Waals surface area contributed by atoms with Gasteiger partial charge in [0.25, 0.3) is 5.91 Å². The quantitative estimate of drug-likeness (QED) is 0.227. The lowest BCUT2D eigenvalue weighted by Crippen LogP contribution is -2.27. The van der Waals surface area contributed by atoms with E-state index in [0.717, 1.165) is 12.5 Å². The highest BCUT2D eigenvalue weighted by molar-refractivity contribution is 6.01. The molecule has 0 radical (unpaired) electrons. The summed E-state index contributed by atoms with van der Waals surface area (Å²) >= 11 is 0. The van der Waals surface area contributed by atoms with Gasteiger partial charge >= 0.3 is 0 Å². The lowest BCUT2D eigenvalue weighted by atomic mass is 10.1. The van der Waals surface area contributed by atoms with Crippen LogP contribution in [0.15, 0.2) is 29.4 Å². The Hall–Kier alpha value is -2.08. The van der Waals surface area contributed by atoms with Gasteiger partial charge in [0.2, 0.25) is 0 Å². The van der Waals surface area contributed by atoms with Gasteiger partial charge in [0.05, 0.1) is 6.61 Å². The minimum Gasteiger partial charge on any atom is -0.409 e. The van der Waals surface area contributed by atoms with Gasteiger partial charge in [-0.25, -0.2) is 0 Å². The third-order valence-electron chi connectivity index (χ3n) is 3.11. The average Bonchev–Trinajstić information content (AvgIpc) is 3.30. The molecule has 0 aliphatic heterocycles. The third-order valence-corrected chi connectivity index (χ3v) is 3.11. The summed E-state index contributed by atoms with van der Waals surface area (Å²) < 4.78 is 5.44. The van der Waals surface area contributed by atoms with E-state index in [2.05, 4.69) is 10.5 Å². The first-order valence-electron chi connectivity index (χ1n) is 6.64. The second kappa shape index (κ2) is 6.91. The second-order valence-corrected chi connectivity index (χ2v) is 4.84. The maximum absolute atomic E-state index is 11.9. The molecule has 1 aromatic rings. The van der Waals surface area contributed by atoms with Gasteiger partial charge in [0.1, 0.15) is 0 Å². The zero-order valence-corrected chi connectivity index (χ0v) is 11.2. The van der Waals surface area contributed by atoms with E-state index < -0.39 is 0 Å². The number of amidine groups is 1. The Balaban J connectivity index is 1.78. The number of carbonyl (C=O) groups excluding carboxylic acids is 1. The van der Waals surface area contributed by atoms with Gasteiger partial charge in [-0.05, 0) is 30.9 Å². The third kappa shape index (κ3) is 4.24. The van der Waals surface area contributed by atoms with Crippen LogP contribution in [0, 0.1) is 5.92 Å². The fraction of sp³-hybridized carbons (Fsp3) is 0.429. The summed E-state index contributed by atoms with van der Waals surface area (Å²) in [6, 6.07) is 6.61. The molecule has 0 atom stereocenters. The number of ether oxygens (including phenoxy) is 1. The molecule has 0 aromatic heterocycles. The summed E-state index contributed by atoms with van der Waals surface area (Å²) in [5.74, 6) is 0.503. The Bertz CT molecular complexity index is 498. The Kier molecular flexibility index (Phi) is 4.95. The Morgan fingerprint density at radius 2 is 2.20 bits per heavy atom. The normalized spacial score (nSPS) is 15.1. The zero-order valence-electron chi connectivity index (χ0n) is 11.2. The molecular formula is C14H19N3O3. The van der Waals surface area contributed by atoms with Gasteiger partial charge in [0, 0.05) is 24.3 Å². The van der Waals surface area contributed by atoms with Crippen LogP contribution in [-0.4, -0.2) is 36.7 Å². The number of oxime groups is 1. The predicted molar refractivity (Wildman–Crippen MR) is 74.8 cm³/mol. The van der Waals surface area contributed by atoms with Crippen molar-refractivity contribution < 1.29 is 14.7 Å². The number of nitrogens with two attached hydrogens (primary N) is 1. The highest BCUT2D eigenvalue weighted by atomic mass is 16.5. The largest absolute Gasteiger partial charge is 0.409 e. The van der Waals surface area contributed by atoms with Crippen molar-refractivity contribution in [2.75, 3.05) is 19.8 Å². The van der Waals surface area contributed by atoms with Crippen LogP contribution in [0.4, 0.5) is 0 Å². The van der Waals surface area contributed by atoms with E-state index in [0.29, 0.717) is 24.3 Å². The summed E-state index contributed by atoms with van der Waals surface area (Å²) in [6.07, 6.45) is 2.51. The van der Waals surface area contributed by atoms with E-state index in [1.54, 1.807) is 24.3 Å². The van der Waals surface area contributed by atoms with Crippen molar-refractivity contribution in [3.63, 3.8) is 0 Å². The molecule has 2 rings (SSSR count). The molecule has 6 nitrogen and oxygen atoms in total. The molecule has 0 unspecified atom stereocenters. The summed E-state index contributed by atoms with van der Waals surface area (Å²) in [5.41, 5.74) is 6.46. The van der Waals surface area contributed by atoms with E-state index >= 15 is 0 Å². The van der Waals surface area contributed by atoms with Crippen LogP contribution >= 0.6 is 0 Å². The smallest absolute Gasteiger partial charge is 0.251 e. The second-order valence-electron chi connectivity index (χ2n) is 4.84. The van der Waals surface area contributed by atoms with Gasteiger partial charge < -0.3 is 21.0 Å². The van der Waals surface area contributed by atoms with Gasteiger partial charge in [-0.2, -0.15) is 0 Å². The molecule has 1 aliphatic carbocycles. The minimum atomic E-state index is -0.201. The molecule has 1 aliphatic rings. The van der Waals surface area contributed by atoms with Gasteiger partial charge in [-0.3, -0.25) is 4.79 Å².